The van der Waals surface area contributed by atoms with Crippen LogP contribution < -0.4 is 13.6 Å². The van der Waals surface area contributed by atoms with E-state index < -0.39 is 25.8 Å². The van der Waals surface area contributed by atoms with Gasteiger partial charge < -0.3 is 0 Å². The van der Waals surface area contributed by atoms with E-state index in [1.54, 1.807) is 28.1 Å². The van der Waals surface area contributed by atoms with Gasteiger partial charge >= 0.3 is 276 Å². The number of halogens is 2. The van der Waals surface area contributed by atoms with E-state index in [0.29, 0.717) is 0 Å². The van der Waals surface area contributed by atoms with E-state index >= 15 is 0 Å². The first-order valence-corrected chi connectivity index (χ1v) is 23.9. The van der Waals surface area contributed by atoms with Crippen molar-refractivity contribution in [1.29, 1.82) is 0 Å². The standard InChI is InChI=1S/C23H29.C14H14Si.C5H5.2ClH.Zr/c1-14-9-16-11-17-10-15(2)21(23(6,7)8)13-19(17)18(16)12-20(14)22(3,4)5;1-11-3-7-13(8-4-11)15-14-9-5-12(2)6-10-14;1-2-4-5-3-1;;;/h9,12-13H,11H2,1-8H3;3-10H,1-2H3;1-3H,4H2;2*1H;. The molecule has 0 nitrogen and oxygen atoms in total. The van der Waals surface area contributed by atoms with Crippen molar-refractivity contribution >= 4 is 43.9 Å². The summed E-state index contributed by atoms with van der Waals surface area (Å²) in [5.74, 6) is 0. The Morgan fingerprint density at radius 3 is 1.65 bits per heavy atom. The Labute approximate surface area is 298 Å². The van der Waals surface area contributed by atoms with Crippen LogP contribution in [0.5, 0.6) is 0 Å². The Morgan fingerprint density at radius 1 is 0.652 bits per heavy atom. The Balaban J connectivity index is 0.00000240. The maximum Gasteiger partial charge on any atom is -0.147 e. The van der Waals surface area contributed by atoms with E-state index in [0.717, 1.165) is 12.8 Å². The molecular weight excluding hydrogens is 695 g/mol. The van der Waals surface area contributed by atoms with Gasteiger partial charge in [0.2, 0.25) is 0 Å². The zero-order valence-corrected chi connectivity index (χ0v) is 34.4. The summed E-state index contributed by atoms with van der Waals surface area (Å²) in [5, 5.41) is 3.17. The molecule has 0 saturated heterocycles. The van der Waals surface area contributed by atoms with Crippen molar-refractivity contribution in [2.45, 2.75) is 92.9 Å². The number of hydrogen-bond donors (Lipinski definition) is 0. The van der Waals surface area contributed by atoms with Gasteiger partial charge in [-0.2, -0.15) is 0 Å². The van der Waals surface area contributed by atoms with E-state index in [1.807, 2.05) is 0 Å². The van der Waals surface area contributed by atoms with Gasteiger partial charge in [0.05, 0.1) is 0 Å². The summed E-state index contributed by atoms with van der Waals surface area (Å²) >= 11 is -2.57. The molecule has 0 saturated carbocycles. The normalized spacial score (nSPS) is 13.4. The molecule has 6 rings (SSSR count). The van der Waals surface area contributed by atoms with Gasteiger partial charge in [0.15, 0.2) is 0 Å². The third-order valence-corrected chi connectivity index (χ3v) is 28.7. The number of rotatable bonds is 4. The van der Waals surface area contributed by atoms with Crippen molar-refractivity contribution in [3.05, 3.63) is 133 Å². The summed E-state index contributed by atoms with van der Waals surface area (Å²) < 4.78 is 3.56. The maximum atomic E-state index is 2.61. The van der Waals surface area contributed by atoms with Crippen molar-refractivity contribution < 1.29 is 20.4 Å². The number of fused-ring (bicyclic) bond motifs is 3. The van der Waals surface area contributed by atoms with E-state index in [1.165, 1.54) is 44.5 Å². The average Bonchev–Trinajstić information content (AvgIpc) is 3.59. The molecule has 2 aliphatic rings. The molecule has 0 aliphatic heterocycles. The number of benzene rings is 4. The van der Waals surface area contributed by atoms with Crippen LogP contribution in [0.4, 0.5) is 0 Å². The molecule has 0 bridgehead atoms. The van der Waals surface area contributed by atoms with Crippen LogP contribution in [0.3, 0.4) is 0 Å². The van der Waals surface area contributed by atoms with Gasteiger partial charge in [-0.1, -0.05) is 0 Å². The first-order chi connectivity index (χ1) is 20.7. The Kier molecular flexibility index (Phi) is 11.1. The second-order valence-electron chi connectivity index (χ2n) is 15.3. The van der Waals surface area contributed by atoms with Crippen molar-refractivity contribution in [3.63, 3.8) is 0 Å². The second kappa shape index (κ2) is 13.9. The minimum Gasteiger partial charge on any atom is -0.147 e. The third-order valence-electron chi connectivity index (χ3n) is 9.69. The second-order valence-corrected chi connectivity index (χ2v) is 28.5. The van der Waals surface area contributed by atoms with E-state index in [2.05, 4.69) is 154 Å². The van der Waals surface area contributed by atoms with Gasteiger partial charge in [-0.3, -0.25) is 0 Å². The van der Waals surface area contributed by atoms with Gasteiger partial charge in [0, 0.05) is 0 Å². The fraction of sp³-hybridized carbons (Fsp3) is 0.333. The third kappa shape index (κ3) is 6.94. The van der Waals surface area contributed by atoms with Gasteiger partial charge in [0.25, 0.3) is 0 Å². The topological polar surface area (TPSA) is 0 Å². The Bertz CT molecular complexity index is 1830. The zero-order valence-electron chi connectivity index (χ0n) is 29.3. The van der Waals surface area contributed by atoms with E-state index in [4.69, 9.17) is 0 Å². The van der Waals surface area contributed by atoms with Crippen molar-refractivity contribution in [2.24, 2.45) is 0 Å². The van der Waals surface area contributed by atoms with Crippen LogP contribution in [-0.2, 0) is 37.6 Å². The summed E-state index contributed by atoms with van der Waals surface area (Å²) in [5.41, 5.74) is 14.1. The van der Waals surface area contributed by atoms with Crippen LogP contribution in [0.2, 0.25) is 0 Å². The minimum absolute atomic E-state index is 0. The Morgan fingerprint density at radius 2 is 1.17 bits per heavy atom. The van der Waals surface area contributed by atoms with Crippen LogP contribution in [0.1, 0.15) is 92.5 Å². The molecule has 0 spiro atoms. The molecule has 240 valence electrons. The molecule has 0 atom stereocenters. The van der Waals surface area contributed by atoms with Gasteiger partial charge in [-0.25, -0.2) is 0 Å². The van der Waals surface area contributed by atoms with Crippen molar-refractivity contribution in [2.75, 3.05) is 0 Å². The molecule has 0 N–H and O–H groups in total. The smallest absolute Gasteiger partial charge is 0.147 e. The van der Waals surface area contributed by atoms with Crippen molar-refractivity contribution in [1.82, 2.24) is 0 Å². The van der Waals surface area contributed by atoms with Gasteiger partial charge in [-0.05, 0) is 0 Å². The zero-order chi connectivity index (χ0) is 31.6. The Hall–Kier alpha value is -1.96. The summed E-state index contributed by atoms with van der Waals surface area (Å²) in [7, 11) is 0. The summed E-state index contributed by atoms with van der Waals surface area (Å²) in [6.07, 6.45) is 9.47. The molecular formula is C42H50Cl2SiZr. The summed E-state index contributed by atoms with van der Waals surface area (Å²) in [4.78, 5) is 0. The molecule has 46 heavy (non-hydrogen) atoms. The summed E-state index contributed by atoms with van der Waals surface area (Å²) in [6.45, 7) is 23.6. The van der Waals surface area contributed by atoms with Crippen LogP contribution >= 0.6 is 24.8 Å². The van der Waals surface area contributed by atoms with Crippen LogP contribution in [0.15, 0.2) is 88.2 Å². The fourth-order valence-electron chi connectivity index (χ4n) is 7.51. The monoisotopic (exact) mass is 742 g/mol. The molecule has 0 amide bonds. The molecule has 0 fully saturated rings. The maximum absolute atomic E-state index is 2.61. The average molecular weight is 745 g/mol. The largest absolute Gasteiger partial charge is 0.147 e. The van der Waals surface area contributed by atoms with Gasteiger partial charge in [-0.15, -0.1) is 24.8 Å². The minimum atomic E-state index is -2.57. The van der Waals surface area contributed by atoms with Crippen LogP contribution in [0.25, 0.3) is 11.1 Å². The molecule has 0 aromatic heterocycles. The molecule has 4 heteroatoms. The number of allylic oxidation sites excluding steroid dienone is 4. The van der Waals surface area contributed by atoms with Crippen LogP contribution in [-0.4, -0.2) is 5.43 Å². The van der Waals surface area contributed by atoms with E-state index in [9.17, 15) is 0 Å². The molecule has 0 heterocycles. The quantitative estimate of drug-likeness (QED) is 0.161. The molecule has 0 radical (unpaired) electrons. The predicted molar refractivity (Wildman–Crippen MR) is 205 cm³/mol. The van der Waals surface area contributed by atoms with Gasteiger partial charge in [0.1, 0.15) is 0 Å². The molecule has 2 aliphatic carbocycles. The molecule has 0 unspecified atom stereocenters. The first kappa shape index (κ1) is 36.9. The summed E-state index contributed by atoms with van der Waals surface area (Å²) in [6, 6.07) is 27.0. The SMILES string of the molecule is Cc1ccc([Si](c2ccc(C)cc2)=[Zr]([C]2=CC=CC2)[c]2c(C)c(C(C)(C)C)cc3c2Cc2cc(C)c(C(C)(C)C)cc2-3)cc1.Cl.Cl. The fourth-order valence-corrected chi connectivity index (χ4v) is 28.8. The predicted octanol–water partition coefficient (Wildman–Crippen LogP) is 9.82. The number of hydrogen-bond acceptors (Lipinski definition) is 0. The van der Waals surface area contributed by atoms with E-state index in [-0.39, 0.29) is 35.6 Å². The first-order valence-electron chi connectivity index (χ1n) is 16.3. The number of aryl methyl sites for hydroxylation is 3. The van der Waals surface area contributed by atoms with Crippen LogP contribution in [0, 0.1) is 27.7 Å². The van der Waals surface area contributed by atoms with Crippen molar-refractivity contribution in [3.8, 4) is 11.1 Å². The molecule has 4 aromatic carbocycles. The molecule has 4 aromatic rings.